The Labute approximate surface area is 403 Å². The first-order valence-corrected chi connectivity index (χ1v) is 23.3. The van der Waals surface area contributed by atoms with Crippen LogP contribution in [-0.4, -0.2) is 117 Å². The summed E-state index contributed by atoms with van der Waals surface area (Å²) in [7, 11) is 1.32. The maximum atomic E-state index is 14.0. The Morgan fingerprint density at radius 3 is 1.30 bits per heavy atom. The maximum Gasteiger partial charge on any atom is 0.338 e. The molecule has 9 rings (SSSR count). The lowest BCUT2D eigenvalue weighted by molar-refractivity contribution is -0.318. The van der Waals surface area contributed by atoms with Crippen LogP contribution < -0.4 is 0 Å². The van der Waals surface area contributed by atoms with Gasteiger partial charge in [-0.25, -0.2) is 24.0 Å². The number of methoxy groups -OCH3 is 1. The molecule has 0 bridgehead atoms. The molecule has 1 saturated carbocycles. The van der Waals surface area contributed by atoms with Crippen molar-refractivity contribution in [3.05, 3.63) is 179 Å². The zero-order valence-electron chi connectivity index (χ0n) is 38.2. The Bertz CT molecular complexity index is 2540. The predicted molar refractivity (Wildman–Crippen MR) is 245 cm³/mol. The quantitative estimate of drug-likeness (QED) is 0.0751. The fraction of sp³-hybridized carbons (Fsp3) is 0.352. The van der Waals surface area contributed by atoms with Gasteiger partial charge in [-0.2, -0.15) is 0 Å². The van der Waals surface area contributed by atoms with E-state index in [1.165, 1.54) is 7.11 Å². The number of fused-ring (bicyclic) bond motifs is 1. The second-order valence-electron chi connectivity index (χ2n) is 17.2. The molecule has 1 aliphatic carbocycles. The van der Waals surface area contributed by atoms with E-state index >= 15 is 0 Å². The molecule has 3 heterocycles. The zero-order chi connectivity index (χ0) is 48.5. The van der Waals surface area contributed by atoms with Crippen molar-refractivity contribution in [2.75, 3.05) is 20.3 Å². The summed E-state index contributed by atoms with van der Waals surface area (Å²) >= 11 is 0. The van der Waals surface area contributed by atoms with Crippen LogP contribution in [0, 0.1) is 0 Å². The van der Waals surface area contributed by atoms with Gasteiger partial charge in [0.25, 0.3) is 0 Å². The van der Waals surface area contributed by atoms with Gasteiger partial charge in [0.2, 0.25) is 0 Å². The third-order valence-corrected chi connectivity index (χ3v) is 12.6. The van der Waals surface area contributed by atoms with Gasteiger partial charge in [-0.15, -0.1) is 0 Å². The molecule has 0 radical (unpaired) electrons. The van der Waals surface area contributed by atoms with Crippen LogP contribution in [-0.2, 0) is 52.1 Å². The molecule has 4 aliphatic rings. The van der Waals surface area contributed by atoms with Crippen molar-refractivity contribution in [1.82, 2.24) is 0 Å². The van der Waals surface area contributed by atoms with Crippen LogP contribution in [0.5, 0.6) is 0 Å². The summed E-state index contributed by atoms with van der Waals surface area (Å²) in [6, 6.07) is 41.2. The van der Waals surface area contributed by atoms with Gasteiger partial charge in [-0.3, -0.25) is 0 Å². The molecular weight excluding hydrogens is 905 g/mol. The van der Waals surface area contributed by atoms with Crippen molar-refractivity contribution in [3.8, 4) is 0 Å². The number of ether oxygens (including phenoxy) is 11. The number of hydrogen-bond donors (Lipinski definition) is 0. The summed E-state index contributed by atoms with van der Waals surface area (Å²) in [5, 5.41) is 0. The minimum atomic E-state index is -1.55. The zero-order valence-corrected chi connectivity index (χ0v) is 38.2. The topological polar surface area (TPSA) is 187 Å². The standard InChI is InChI=1S/C54H52O16/c1-60-52-45(68-51(59)38-28-16-6-17-29-38)43(67-50(58)37-26-14-5-15-27-37)41(65-48(56)35-22-10-3-11-23-35)40(63-52)33-62-53-46-44(69-54(70-46)30-18-7-19-31-54)42(66-49(57)36-24-12-4-13-25-36)39(64-53)32-61-47(55)34-20-8-2-9-21-34/h2-6,8-17,20-29,39-46,52-53H,7,18-19,30-33H2,1H3/t39-,40-,41-,42-,43+,44+,45+,46+,52+,53-/m1/s1. The van der Waals surface area contributed by atoms with E-state index < -0.39 is 110 Å². The van der Waals surface area contributed by atoms with E-state index in [0.29, 0.717) is 12.8 Å². The molecule has 0 aromatic heterocycles. The van der Waals surface area contributed by atoms with Crippen molar-refractivity contribution < 1.29 is 76.1 Å². The number of carbonyl (C=O) groups is 5. The molecule has 0 amide bonds. The van der Waals surface area contributed by atoms with E-state index in [2.05, 4.69) is 0 Å². The van der Waals surface area contributed by atoms with Crippen molar-refractivity contribution in [2.24, 2.45) is 0 Å². The monoisotopic (exact) mass is 956 g/mol. The Morgan fingerprint density at radius 2 is 0.829 bits per heavy atom. The smallest absolute Gasteiger partial charge is 0.338 e. The highest BCUT2D eigenvalue weighted by Gasteiger charge is 2.61. The molecule has 3 saturated heterocycles. The van der Waals surface area contributed by atoms with E-state index in [1.807, 2.05) is 0 Å². The Kier molecular flexibility index (Phi) is 15.4. The molecule has 5 aromatic rings. The molecule has 0 N–H and O–H groups in total. The first kappa shape index (κ1) is 48.2. The van der Waals surface area contributed by atoms with Crippen LogP contribution in [0.1, 0.15) is 83.9 Å². The van der Waals surface area contributed by atoms with Crippen LogP contribution in [0.4, 0.5) is 0 Å². The molecule has 1 spiro atoms. The number of benzene rings is 5. The summed E-state index contributed by atoms with van der Waals surface area (Å²) in [6.45, 7) is -0.838. The van der Waals surface area contributed by atoms with Crippen LogP contribution in [0.15, 0.2) is 152 Å². The van der Waals surface area contributed by atoms with E-state index in [9.17, 15) is 24.0 Å². The summed E-state index contributed by atoms with van der Waals surface area (Å²) in [4.78, 5) is 68.9. The van der Waals surface area contributed by atoms with E-state index in [1.54, 1.807) is 152 Å². The maximum absolute atomic E-state index is 14.0. The highest BCUT2D eigenvalue weighted by molar-refractivity contribution is 5.92. The molecule has 10 atom stereocenters. The van der Waals surface area contributed by atoms with Gasteiger partial charge in [-0.1, -0.05) is 97.4 Å². The molecule has 16 heteroatoms. The van der Waals surface area contributed by atoms with Gasteiger partial charge in [0, 0.05) is 20.0 Å². The second kappa shape index (κ2) is 22.3. The summed E-state index contributed by atoms with van der Waals surface area (Å²) in [5.41, 5.74) is 1.08. The predicted octanol–water partition coefficient (Wildman–Crippen LogP) is 7.30. The molecule has 4 fully saturated rings. The normalized spacial score (nSPS) is 26.8. The fourth-order valence-corrected chi connectivity index (χ4v) is 9.07. The molecule has 364 valence electrons. The third kappa shape index (κ3) is 11.1. The first-order valence-electron chi connectivity index (χ1n) is 23.3. The lowest BCUT2D eigenvalue weighted by Crippen LogP contribution is -2.64. The van der Waals surface area contributed by atoms with Crippen molar-refractivity contribution in [2.45, 2.75) is 99.3 Å². The first-order chi connectivity index (χ1) is 34.2. The van der Waals surface area contributed by atoms with Crippen molar-refractivity contribution in [1.29, 1.82) is 0 Å². The summed E-state index contributed by atoms with van der Waals surface area (Å²) in [5.74, 6) is -4.81. The van der Waals surface area contributed by atoms with Crippen LogP contribution in [0.3, 0.4) is 0 Å². The van der Waals surface area contributed by atoms with Gasteiger partial charge >= 0.3 is 29.8 Å². The van der Waals surface area contributed by atoms with E-state index in [4.69, 9.17) is 52.1 Å². The van der Waals surface area contributed by atoms with E-state index in [0.717, 1.165) is 19.3 Å². The van der Waals surface area contributed by atoms with Gasteiger partial charge in [0.1, 0.15) is 31.0 Å². The molecule has 3 aliphatic heterocycles. The SMILES string of the molecule is CO[C@H]1O[C@H](CO[C@@H]2O[C@H](COC(=O)c3ccccc3)[C@@H](OC(=O)c3ccccc3)[C@@H]3OC4(CCCCC4)O[C@H]23)[C@@H](OC(=O)c2ccccc2)[C@H](OC(=O)c2ccccc2)[C@@H]1OC(=O)c1ccccc1. The van der Waals surface area contributed by atoms with Gasteiger partial charge < -0.3 is 52.1 Å². The largest absolute Gasteiger partial charge is 0.459 e. The average Bonchev–Trinajstić information content (AvgIpc) is 3.78. The number of rotatable bonds is 15. The van der Waals surface area contributed by atoms with Crippen molar-refractivity contribution in [3.63, 3.8) is 0 Å². The number of hydrogen-bond acceptors (Lipinski definition) is 16. The molecular formula is C54H52O16. The van der Waals surface area contributed by atoms with Gasteiger partial charge in [-0.05, 0) is 73.5 Å². The molecule has 5 aromatic carbocycles. The Morgan fingerprint density at radius 1 is 0.443 bits per heavy atom. The minimum Gasteiger partial charge on any atom is -0.459 e. The van der Waals surface area contributed by atoms with Crippen LogP contribution in [0.2, 0.25) is 0 Å². The Balaban J connectivity index is 1.05. The minimum absolute atomic E-state index is 0.162. The highest BCUT2D eigenvalue weighted by Crippen LogP contribution is 2.46. The molecule has 0 unspecified atom stereocenters. The van der Waals surface area contributed by atoms with Crippen LogP contribution in [0.25, 0.3) is 0 Å². The molecule has 16 nitrogen and oxygen atoms in total. The average molecular weight is 957 g/mol. The fourth-order valence-electron chi connectivity index (χ4n) is 9.07. The summed E-state index contributed by atoms with van der Waals surface area (Å²) < 4.78 is 69.6. The van der Waals surface area contributed by atoms with E-state index in [-0.39, 0.29) is 27.8 Å². The highest BCUT2D eigenvalue weighted by atomic mass is 16.8. The van der Waals surface area contributed by atoms with Gasteiger partial charge in [0.05, 0.1) is 34.4 Å². The van der Waals surface area contributed by atoms with Crippen LogP contribution >= 0.6 is 0 Å². The lowest BCUT2D eigenvalue weighted by atomic mass is 9.94. The lowest BCUT2D eigenvalue weighted by Gasteiger charge is -2.45. The number of carbonyl (C=O) groups excluding carboxylic acids is 5. The summed E-state index contributed by atoms with van der Waals surface area (Å²) in [6.07, 6.45) is -9.29. The molecule has 70 heavy (non-hydrogen) atoms. The second-order valence-corrected chi connectivity index (χ2v) is 17.2. The number of esters is 5. The van der Waals surface area contributed by atoms with Crippen molar-refractivity contribution >= 4 is 29.8 Å². The van der Waals surface area contributed by atoms with Gasteiger partial charge in [0.15, 0.2) is 42.8 Å². The Hall–Kier alpha value is -6.79. The third-order valence-electron chi connectivity index (χ3n) is 12.6.